The molecule has 3 rings (SSSR count). The number of carbonyl (C=O) groups excluding carboxylic acids is 3. The standard InChI is InChI=1S/C27H35N5O7/c1-5-38-26(37)39-32-15-13-31(14-16-32)25(36)19(11-12-22(33)34)29-24(35)20-17-21(27(2,3)4)30-23(28-20)18-9-7-6-8-10-18/h6-10,17,19H,5,11-16H2,1-4H3,(H,29,35)(H,33,34)/t19-/m0/s1. The number of aliphatic carboxylic acids is 1. The van der Waals surface area contributed by atoms with Gasteiger partial charge in [-0.3, -0.25) is 14.4 Å². The van der Waals surface area contributed by atoms with Crippen molar-refractivity contribution in [3.05, 3.63) is 47.8 Å². The van der Waals surface area contributed by atoms with Gasteiger partial charge in [-0.25, -0.2) is 14.8 Å². The number of hydrogen-bond donors (Lipinski definition) is 2. The summed E-state index contributed by atoms with van der Waals surface area (Å²) in [6, 6.07) is 9.75. The fraction of sp³-hybridized carbons (Fsp3) is 0.481. The van der Waals surface area contributed by atoms with E-state index in [4.69, 9.17) is 9.57 Å². The van der Waals surface area contributed by atoms with E-state index in [1.165, 1.54) is 9.96 Å². The van der Waals surface area contributed by atoms with Gasteiger partial charge >= 0.3 is 12.1 Å². The lowest BCUT2D eigenvalue weighted by Gasteiger charge is -2.35. The van der Waals surface area contributed by atoms with Crippen LogP contribution in [0.15, 0.2) is 36.4 Å². The molecule has 2 amide bonds. The van der Waals surface area contributed by atoms with Crippen LogP contribution in [0.4, 0.5) is 4.79 Å². The van der Waals surface area contributed by atoms with E-state index in [1.807, 2.05) is 51.1 Å². The molecule has 2 heterocycles. The highest BCUT2D eigenvalue weighted by atomic mass is 16.8. The van der Waals surface area contributed by atoms with E-state index < -0.39 is 30.0 Å². The molecule has 1 aromatic heterocycles. The molecule has 1 aliphatic heterocycles. The van der Waals surface area contributed by atoms with Crippen LogP contribution in [0.2, 0.25) is 0 Å². The van der Waals surface area contributed by atoms with Gasteiger partial charge in [0, 0.05) is 30.5 Å². The van der Waals surface area contributed by atoms with Crippen molar-refractivity contribution in [2.75, 3.05) is 32.8 Å². The van der Waals surface area contributed by atoms with Gasteiger partial charge in [0.1, 0.15) is 11.7 Å². The van der Waals surface area contributed by atoms with Crippen LogP contribution in [0, 0.1) is 0 Å². The van der Waals surface area contributed by atoms with Crippen molar-refractivity contribution < 1.29 is 33.9 Å². The van der Waals surface area contributed by atoms with Crippen molar-refractivity contribution in [1.82, 2.24) is 25.2 Å². The van der Waals surface area contributed by atoms with Crippen LogP contribution in [0.5, 0.6) is 0 Å². The van der Waals surface area contributed by atoms with Crippen LogP contribution in [0.1, 0.15) is 56.7 Å². The zero-order valence-corrected chi connectivity index (χ0v) is 22.7. The molecule has 1 saturated heterocycles. The van der Waals surface area contributed by atoms with Crippen molar-refractivity contribution in [1.29, 1.82) is 0 Å². The normalized spacial score (nSPS) is 14.8. The molecule has 0 bridgehead atoms. The van der Waals surface area contributed by atoms with Gasteiger partial charge in [0.15, 0.2) is 5.82 Å². The van der Waals surface area contributed by atoms with Crippen molar-refractivity contribution in [2.45, 2.75) is 52.0 Å². The third-order valence-electron chi connectivity index (χ3n) is 6.03. The first-order chi connectivity index (χ1) is 18.5. The summed E-state index contributed by atoms with van der Waals surface area (Å²) in [4.78, 5) is 65.3. The van der Waals surface area contributed by atoms with Crippen molar-refractivity contribution in [3.63, 3.8) is 0 Å². The SMILES string of the molecule is CCOC(=O)ON1CCN(C(=O)[C@H](CCC(=O)O)NC(=O)c2cc(C(C)(C)C)nc(-c3ccccc3)n2)CC1. The molecule has 1 aromatic carbocycles. The van der Waals surface area contributed by atoms with Crippen LogP contribution in [-0.2, 0) is 24.6 Å². The summed E-state index contributed by atoms with van der Waals surface area (Å²) in [5, 5.41) is 13.3. The first-order valence-electron chi connectivity index (χ1n) is 12.8. The van der Waals surface area contributed by atoms with Crippen LogP contribution in [0.3, 0.4) is 0 Å². The van der Waals surface area contributed by atoms with Crippen LogP contribution < -0.4 is 5.32 Å². The van der Waals surface area contributed by atoms with Gasteiger partial charge in [0.05, 0.1) is 25.4 Å². The number of nitrogens with one attached hydrogen (secondary N) is 1. The van der Waals surface area contributed by atoms with E-state index in [0.29, 0.717) is 11.5 Å². The average molecular weight is 542 g/mol. The van der Waals surface area contributed by atoms with E-state index in [2.05, 4.69) is 15.3 Å². The number of benzene rings is 1. The molecule has 0 spiro atoms. The highest BCUT2D eigenvalue weighted by molar-refractivity contribution is 5.96. The van der Waals surface area contributed by atoms with E-state index in [9.17, 15) is 24.3 Å². The summed E-state index contributed by atoms with van der Waals surface area (Å²) in [6.45, 7) is 8.67. The number of carboxylic acids is 1. The first kappa shape index (κ1) is 29.5. The number of hydroxylamine groups is 2. The Labute approximate surface area is 227 Å². The lowest BCUT2D eigenvalue weighted by atomic mass is 9.91. The second-order valence-corrected chi connectivity index (χ2v) is 10.1. The number of amides is 2. The van der Waals surface area contributed by atoms with Gasteiger partial charge in [-0.15, -0.1) is 5.06 Å². The Morgan fingerprint density at radius 3 is 2.31 bits per heavy atom. The summed E-state index contributed by atoms with van der Waals surface area (Å²) in [5.74, 6) is -1.74. The van der Waals surface area contributed by atoms with E-state index in [-0.39, 0.29) is 56.7 Å². The predicted octanol–water partition coefficient (Wildman–Crippen LogP) is 2.64. The molecule has 1 fully saturated rings. The molecular weight excluding hydrogens is 506 g/mol. The Kier molecular flexibility index (Phi) is 9.94. The maximum atomic E-state index is 13.4. The topological polar surface area (TPSA) is 151 Å². The minimum atomic E-state index is -1.09. The molecule has 2 N–H and O–H groups in total. The highest BCUT2D eigenvalue weighted by Crippen LogP contribution is 2.24. The second kappa shape index (κ2) is 13.1. The van der Waals surface area contributed by atoms with Crippen molar-refractivity contribution >= 4 is 23.9 Å². The predicted molar refractivity (Wildman–Crippen MR) is 141 cm³/mol. The van der Waals surface area contributed by atoms with Crippen LogP contribution in [0.25, 0.3) is 11.4 Å². The smallest absolute Gasteiger partial charge is 0.481 e. The molecule has 1 aliphatic rings. The Morgan fingerprint density at radius 2 is 1.72 bits per heavy atom. The van der Waals surface area contributed by atoms with E-state index in [1.54, 1.807) is 13.0 Å². The Morgan fingerprint density at radius 1 is 1.05 bits per heavy atom. The highest BCUT2D eigenvalue weighted by Gasteiger charge is 2.31. The van der Waals surface area contributed by atoms with Crippen molar-refractivity contribution in [3.8, 4) is 11.4 Å². The fourth-order valence-electron chi connectivity index (χ4n) is 3.89. The number of carboxylic acid groups (broad SMARTS) is 1. The lowest BCUT2D eigenvalue weighted by Crippen LogP contribution is -2.55. The third kappa shape index (κ3) is 8.47. The van der Waals surface area contributed by atoms with Gasteiger partial charge in [-0.1, -0.05) is 51.1 Å². The largest absolute Gasteiger partial charge is 0.527 e. The van der Waals surface area contributed by atoms with Gasteiger partial charge in [0.25, 0.3) is 5.91 Å². The van der Waals surface area contributed by atoms with Crippen LogP contribution >= 0.6 is 0 Å². The van der Waals surface area contributed by atoms with Crippen LogP contribution in [-0.4, -0.2) is 87.8 Å². The summed E-state index contributed by atoms with van der Waals surface area (Å²) in [5.41, 5.74) is 1.08. The third-order valence-corrected chi connectivity index (χ3v) is 6.03. The molecule has 0 aliphatic carbocycles. The summed E-state index contributed by atoms with van der Waals surface area (Å²) in [7, 11) is 0. The zero-order chi connectivity index (χ0) is 28.6. The number of hydrogen-bond acceptors (Lipinski definition) is 9. The molecule has 39 heavy (non-hydrogen) atoms. The fourth-order valence-corrected chi connectivity index (χ4v) is 3.89. The molecule has 2 aromatic rings. The zero-order valence-electron chi connectivity index (χ0n) is 22.7. The summed E-state index contributed by atoms with van der Waals surface area (Å²) < 4.78 is 4.77. The average Bonchev–Trinajstić information content (AvgIpc) is 2.90. The number of carbonyl (C=O) groups is 4. The molecule has 210 valence electrons. The number of rotatable bonds is 9. The minimum Gasteiger partial charge on any atom is -0.481 e. The minimum absolute atomic E-state index is 0.0783. The maximum absolute atomic E-state index is 13.4. The van der Waals surface area contributed by atoms with Gasteiger partial charge in [0.2, 0.25) is 5.91 Å². The molecule has 1 atom stereocenters. The Bertz CT molecular complexity index is 1170. The van der Waals surface area contributed by atoms with Gasteiger partial charge in [-0.05, 0) is 19.4 Å². The second-order valence-electron chi connectivity index (χ2n) is 10.1. The first-order valence-corrected chi connectivity index (χ1v) is 12.8. The summed E-state index contributed by atoms with van der Waals surface area (Å²) in [6.07, 6.45) is -1.23. The summed E-state index contributed by atoms with van der Waals surface area (Å²) >= 11 is 0. The number of aromatic nitrogens is 2. The van der Waals surface area contributed by atoms with E-state index in [0.717, 1.165) is 5.56 Å². The number of ether oxygens (including phenoxy) is 1. The number of piperazine rings is 1. The lowest BCUT2D eigenvalue weighted by molar-refractivity contribution is -0.157. The maximum Gasteiger partial charge on any atom is 0.527 e. The molecule has 12 heteroatoms. The quantitative estimate of drug-likeness (QED) is 0.453. The van der Waals surface area contributed by atoms with Gasteiger partial charge in [-0.2, -0.15) is 0 Å². The molecule has 0 unspecified atom stereocenters. The molecule has 12 nitrogen and oxygen atoms in total. The molecule has 0 saturated carbocycles. The Balaban J connectivity index is 1.78. The monoisotopic (exact) mass is 541 g/mol. The van der Waals surface area contributed by atoms with E-state index >= 15 is 0 Å². The molecular formula is C27H35N5O7. The Hall–Kier alpha value is -4.06. The van der Waals surface area contributed by atoms with Gasteiger partial charge < -0.3 is 24.9 Å². The molecule has 0 radical (unpaired) electrons. The van der Waals surface area contributed by atoms with Crippen molar-refractivity contribution in [2.24, 2.45) is 0 Å². The number of nitrogens with zero attached hydrogens (tertiary/aromatic N) is 4.